The van der Waals surface area contributed by atoms with Gasteiger partial charge in [-0.15, -0.1) is 0 Å². The monoisotopic (exact) mass is 372 g/mol. The van der Waals surface area contributed by atoms with Gasteiger partial charge in [0, 0.05) is 18.3 Å². The zero-order valence-electron chi connectivity index (χ0n) is 14.7. The summed E-state index contributed by atoms with van der Waals surface area (Å²) in [4.78, 5) is 8.58. The third-order valence-electron chi connectivity index (χ3n) is 3.89. The van der Waals surface area contributed by atoms with E-state index < -0.39 is 11.7 Å². The smallest absolute Gasteiger partial charge is 0.354 e. The molecule has 2 N–H and O–H groups in total. The zero-order valence-corrected chi connectivity index (χ0v) is 14.7. The molecule has 0 bridgehead atoms. The second kappa shape index (κ2) is 8.07. The van der Waals surface area contributed by atoms with E-state index in [-0.39, 0.29) is 5.69 Å². The molecule has 0 aliphatic rings. The number of hydrogen-bond donors (Lipinski definition) is 2. The van der Waals surface area contributed by atoms with Crippen molar-refractivity contribution in [2.45, 2.75) is 19.5 Å². The van der Waals surface area contributed by atoms with E-state index in [4.69, 9.17) is 0 Å². The van der Waals surface area contributed by atoms with Gasteiger partial charge in [0.1, 0.15) is 5.82 Å². The lowest BCUT2D eigenvalue weighted by molar-refractivity contribution is -0.136. The highest BCUT2D eigenvalue weighted by molar-refractivity contribution is 5.62. The quantitative estimate of drug-likeness (QED) is 0.624. The predicted octanol–water partition coefficient (Wildman–Crippen LogP) is 5.20. The van der Waals surface area contributed by atoms with Gasteiger partial charge >= 0.3 is 6.18 Å². The maximum absolute atomic E-state index is 13.2. The molecule has 4 nitrogen and oxygen atoms in total. The van der Waals surface area contributed by atoms with Crippen molar-refractivity contribution in [2.75, 3.05) is 17.2 Å². The van der Waals surface area contributed by atoms with Gasteiger partial charge in [-0.2, -0.15) is 18.2 Å². The van der Waals surface area contributed by atoms with Crippen LogP contribution in [0.3, 0.4) is 0 Å². The number of para-hydroxylation sites is 1. The van der Waals surface area contributed by atoms with Crippen LogP contribution in [0.15, 0.2) is 60.7 Å². The molecule has 3 aromatic rings. The van der Waals surface area contributed by atoms with Gasteiger partial charge in [-0.3, -0.25) is 0 Å². The summed E-state index contributed by atoms with van der Waals surface area (Å²) in [5, 5.41) is 5.88. The fourth-order valence-electron chi connectivity index (χ4n) is 2.65. The Hall–Kier alpha value is -3.09. The molecule has 0 atom stereocenters. The maximum atomic E-state index is 13.2. The number of aryl methyl sites for hydroxylation is 1. The topological polar surface area (TPSA) is 49.8 Å². The molecule has 140 valence electrons. The van der Waals surface area contributed by atoms with Crippen LogP contribution in [0.25, 0.3) is 0 Å². The minimum Gasteiger partial charge on any atom is -0.354 e. The lowest BCUT2D eigenvalue weighted by atomic mass is 10.1. The van der Waals surface area contributed by atoms with Crippen molar-refractivity contribution in [3.8, 4) is 0 Å². The van der Waals surface area contributed by atoms with Crippen molar-refractivity contribution in [3.63, 3.8) is 0 Å². The maximum Gasteiger partial charge on any atom is 0.418 e. The minimum atomic E-state index is -4.44. The van der Waals surface area contributed by atoms with Crippen molar-refractivity contribution in [2.24, 2.45) is 0 Å². The van der Waals surface area contributed by atoms with E-state index in [0.29, 0.717) is 24.0 Å². The second-order valence-electron chi connectivity index (χ2n) is 6.05. The molecule has 0 amide bonds. The van der Waals surface area contributed by atoms with Crippen LogP contribution >= 0.6 is 0 Å². The van der Waals surface area contributed by atoms with Crippen LogP contribution in [-0.2, 0) is 12.6 Å². The fraction of sp³-hybridized carbons (Fsp3) is 0.200. The normalized spacial score (nSPS) is 11.3. The standard InChI is InChI=1S/C20H19F3N4/c1-14-13-18(26-17-10-6-5-9-16(17)20(21,22)23)27-19(25-14)24-12-11-15-7-3-2-4-8-15/h2-10,13H,11-12H2,1H3,(H2,24,25,26,27). The number of benzene rings is 2. The van der Waals surface area contributed by atoms with Crippen LogP contribution in [0.1, 0.15) is 16.8 Å². The number of rotatable bonds is 6. The first-order valence-corrected chi connectivity index (χ1v) is 8.48. The molecule has 2 aromatic carbocycles. The second-order valence-corrected chi connectivity index (χ2v) is 6.05. The third kappa shape index (κ3) is 5.20. The Morgan fingerprint density at radius 2 is 1.63 bits per heavy atom. The summed E-state index contributed by atoms with van der Waals surface area (Å²) in [6.07, 6.45) is -3.65. The number of aromatic nitrogens is 2. The summed E-state index contributed by atoms with van der Waals surface area (Å²) in [6, 6.07) is 16.9. The molecule has 0 aliphatic carbocycles. The van der Waals surface area contributed by atoms with Crippen molar-refractivity contribution in [1.82, 2.24) is 9.97 Å². The van der Waals surface area contributed by atoms with Gasteiger partial charge in [0.05, 0.1) is 11.3 Å². The summed E-state index contributed by atoms with van der Waals surface area (Å²) < 4.78 is 39.5. The Kier molecular flexibility index (Phi) is 5.59. The van der Waals surface area contributed by atoms with Crippen molar-refractivity contribution < 1.29 is 13.2 Å². The molecule has 0 aliphatic heterocycles. The van der Waals surface area contributed by atoms with Gasteiger partial charge in [-0.1, -0.05) is 42.5 Å². The van der Waals surface area contributed by atoms with Gasteiger partial charge in [0.15, 0.2) is 0 Å². The first-order valence-electron chi connectivity index (χ1n) is 8.48. The van der Waals surface area contributed by atoms with Gasteiger partial charge < -0.3 is 10.6 Å². The molecule has 1 aromatic heterocycles. The molecule has 0 radical (unpaired) electrons. The van der Waals surface area contributed by atoms with Crippen LogP contribution in [0.2, 0.25) is 0 Å². The Balaban J connectivity index is 1.72. The van der Waals surface area contributed by atoms with E-state index in [1.54, 1.807) is 19.1 Å². The molecular formula is C20H19F3N4. The summed E-state index contributed by atoms with van der Waals surface area (Å²) in [7, 11) is 0. The van der Waals surface area contributed by atoms with Gasteiger partial charge in [0.25, 0.3) is 0 Å². The molecule has 0 saturated carbocycles. The van der Waals surface area contributed by atoms with Crippen LogP contribution < -0.4 is 10.6 Å². The summed E-state index contributed by atoms with van der Waals surface area (Å²) in [6.45, 7) is 2.39. The fourth-order valence-corrected chi connectivity index (χ4v) is 2.65. The highest BCUT2D eigenvalue weighted by Crippen LogP contribution is 2.35. The number of nitrogens with one attached hydrogen (secondary N) is 2. The summed E-state index contributed by atoms with van der Waals surface area (Å²) in [5.41, 5.74) is 1.05. The highest BCUT2D eigenvalue weighted by atomic mass is 19.4. The SMILES string of the molecule is Cc1cc(Nc2ccccc2C(F)(F)F)nc(NCCc2ccccc2)n1. The van der Waals surface area contributed by atoms with Crippen LogP contribution in [-0.4, -0.2) is 16.5 Å². The predicted molar refractivity (Wildman–Crippen MR) is 100 cm³/mol. The van der Waals surface area contributed by atoms with E-state index in [0.717, 1.165) is 12.5 Å². The van der Waals surface area contributed by atoms with Crippen molar-refractivity contribution in [3.05, 3.63) is 77.5 Å². The average molecular weight is 372 g/mol. The minimum absolute atomic E-state index is 0.0432. The molecule has 7 heteroatoms. The van der Waals surface area contributed by atoms with Crippen LogP contribution in [0.5, 0.6) is 0 Å². The molecule has 0 fully saturated rings. The van der Waals surface area contributed by atoms with Gasteiger partial charge in [-0.25, -0.2) is 4.98 Å². The van der Waals surface area contributed by atoms with Gasteiger partial charge in [-0.05, 0) is 31.0 Å². The van der Waals surface area contributed by atoms with E-state index in [1.165, 1.54) is 17.7 Å². The Labute approximate surface area is 155 Å². The van der Waals surface area contributed by atoms with Crippen molar-refractivity contribution >= 4 is 17.5 Å². The number of nitrogens with zero attached hydrogens (tertiary/aromatic N) is 2. The number of anilines is 3. The van der Waals surface area contributed by atoms with E-state index >= 15 is 0 Å². The Morgan fingerprint density at radius 3 is 2.37 bits per heavy atom. The average Bonchev–Trinajstić information content (AvgIpc) is 2.62. The largest absolute Gasteiger partial charge is 0.418 e. The zero-order chi connectivity index (χ0) is 19.3. The molecule has 0 unspecified atom stereocenters. The Bertz CT molecular complexity index is 895. The number of halogens is 3. The van der Waals surface area contributed by atoms with Gasteiger partial charge in [0.2, 0.25) is 5.95 Å². The first kappa shape index (κ1) is 18.7. The highest BCUT2D eigenvalue weighted by Gasteiger charge is 2.33. The van der Waals surface area contributed by atoms with Crippen LogP contribution in [0.4, 0.5) is 30.6 Å². The molecule has 0 spiro atoms. The Morgan fingerprint density at radius 1 is 0.926 bits per heavy atom. The van der Waals surface area contributed by atoms with Crippen LogP contribution in [0, 0.1) is 6.92 Å². The summed E-state index contributed by atoms with van der Waals surface area (Å²) >= 11 is 0. The van der Waals surface area contributed by atoms with Crippen molar-refractivity contribution in [1.29, 1.82) is 0 Å². The molecule has 27 heavy (non-hydrogen) atoms. The molecule has 0 saturated heterocycles. The summed E-state index contributed by atoms with van der Waals surface area (Å²) in [5.74, 6) is 0.680. The van der Waals surface area contributed by atoms with E-state index in [2.05, 4.69) is 20.6 Å². The molecule has 1 heterocycles. The lowest BCUT2D eigenvalue weighted by Gasteiger charge is -2.15. The van der Waals surface area contributed by atoms with E-state index in [9.17, 15) is 13.2 Å². The lowest BCUT2D eigenvalue weighted by Crippen LogP contribution is -2.11. The number of alkyl halides is 3. The van der Waals surface area contributed by atoms with E-state index in [1.807, 2.05) is 30.3 Å². The molecule has 3 rings (SSSR count). The number of hydrogen-bond acceptors (Lipinski definition) is 4. The molecular weight excluding hydrogens is 353 g/mol. The third-order valence-corrected chi connectivity index (χ3v) is 3.89. The first-order chi connectivity index (χ1) is 12.9.